The molecule has 0 aromatic heterocycles. The highest BCUT2D eigenvalue weighted by molar-refractivity contribution is 7.90. The van der Waals surface area contributed by atoms with Gasteiger partial charge in [-0.05, 0) is 24.3 Å². The molecule has 1 rings (SSSR count). The summed E-state index contributed by atoms with van der Waals surface area (Å²) in [5.74, 6) is -1.01. The summed E-state index contributed by atoms with van der Waals surface area (Å²) >= 11 is 0. The second-order valence-corrected chi connectivity index (χ2v) is 5.69. The van der Waals surface area contributed by atoms with Crippen LogP contribution in [0, 0.1) is 0 Å². The maximum absolute atomic E-state index is 11.2. The van der Waals surface area contributed by atoms with Crippen LogP contribution in [-0.2, 0) is 19.4 Å². The number of hydrogen-bond donors (Lipinski definition) is 2. The van der Waals surface area contributed by atoms with Crippen LogP contribution >= 0.6 is 0 Å². The number of sulfone groups is 1. The number of aliphatic carboxylic acids is 1. The van der Waals surface area contributed by atoms with E-state index in [-0.39, 0.29) is 18.1 Å². The number of carbonyl (C=O) groups is 1. The molecule has 0 heterocycles. The number of carboxylic acids is 1. The van der Waals surface area contributed by atoms with Crippen LogP contribution in [0.4, 0.5) is 5.69 Å². The highest BCUT2D eigenvalue weighted by atomic mass is 32.2. The minimum atomic E-state index is -3.18. The highest BCUT2D eigenvalue weighted by Crippen LogP contribution is 2.13. The first-order valence-electron chi connectivity index (χ1n) is 5.23. The summed E-state index contributed by atoms with van der Waals surface area (Å²) in [5.41, 5.74) is 0.751. The van der Waals surface area contributed by atoms with Gasteiger partial charge >= 0.3 is 5.97 Å². The van der Waals surface area contributed by atoms with E-state index in [1.807, 2.05) is 0 Å². The maximum Gasteiger partial charge on any atom is 0.329 e. The Kier molecular flexibility index (Phi) is 5.11. The number of rotatable bonds is 7. The topological polar surface area (TPSA) is 92.7 Å². The zero-order valence-corrected chi connectivity index (χ0v) is 10.7. The molecule has 0 saturated heterocycles. The first-order chi connectivity index (χ1) is 8.39. The van der Waals surface area contributed by atoms with E-state index in [0.717, 1.165) is 11.9 Å². The van der Waals surface area contributed by atoms with Gasteiger partial charge in [0.05, 0.1) is 11.5 Å². The van der Waals surface area contributed by atoms with Gasteiger partial charge in [-0.3, -0.25) is 0 Å². The maximum atomic E-state index is 11.2. The second-order valence-electron chi connectivity index (χ2n) is 3.67. The van der Waals surface area contributed by atoms with Gasteiger partial charge in [-0.25, -0.2) is 13.2 Å². The molecule has 0 amide bonds. The standard InChI is InChI=1S/C11H15NO5S/c1-18(15,16)10-4-2-9(3-5-10)12-6-7-17-8-11(13)14/h2-5,12H,6-8H2,1H3,(H,13,14). The van der Waals surface area contributed by atoms with Gasteiger partial charge in [-0.2, -0.15) is 0 Å². The quantitative estimate of drug-likeness (QED) is 0.707. The zero-order valence-electron chi connectivity index (χ0n) is 9.92. The Morgan fingerprint density at radius 1 is 1.33 bits per heavy atom. The molecular formula is C11H15NO5S. The van der Waals surface area contributed by atoms with Crippen LogP contribution in [0.3, 0.4) is 0 Å². The van der Waals surface area contributed by atoms with Gasteiger partial charge < -0.3 is 15.2 Å². The smallest absolute Gasteiger partial charge is 0.329 e. The fourth-order valence-corrected chi connectivity index (χ4v) is 1.88. The van der Waals surface area contributed by atoms with Gasteiger partial charge in [0.25, 0.3) is 0 Å². The number of hydrogen-bond acceptors (Lipinski definition) is 5. The predicted molar refractivity (Wildman–Crippen MR) is 66.5 cm³/mol. The largest absolute Gasteiger partial charge is 0.480 e. The molecule has 0 fully saturated rings. The Hall–Kier alpha value is -1.60. The molecule has 1 aromatic rings. The van der Waals surface area contributed by atoms with E-state index < -0.39 is 15.8 Å². The summed E-state index contributed by atoms with van der Waals surface area (Å²) in [5, 5.41) is 11.3. The molecule has 0 bridgehead atoms. The fourth-order valence-electron chi connectivity index (χ4n) is 1.25. The minimum Gasteiger partial charge on any atom is -0.480 e. The summed E-state index contributed by atoms with van der Waals surface area (Å²) in [7, 11) is -3.18. The third kappa shape index (κ3) is 5.15. The molecule has 100 valence electrons. The monoisotopic (exact) mass is 273 g/mol. The lowest BCUT2D eigenvalue weighted by Crippen LogP contribution is -2.14. The summed E-state index contributed by atoms with van der Waals surface area (Å²) in [6.45, 7) is 0.389. The van der Waals surface area contributed by atoms with E-state index in [0.29, 0.717) is 6.54 Å². The Bertz CT molecular complexity index is 495. The van der Waals surface area contributed by atoms with E-state index in [9.17, 15) is 13.2 Å². The van der Waals surface area contributed by atoms with Crippen molar-refractivity contribution in [3.05, 3.63) is 24.3 Å². The normalized spacial score (nSPS) is 11.2. The number of carboxylic acid groups (broad SMARTS) is 1. The molecule has 0 aliphatic heterocycles. The van der Waals surface area contributed by atoms with Crippen LogP contribution in [0.25, 0.3) is 0 Å². The molecule has 0 aliphatic carbocycles. The van der Waals surface area contributed by atoms with Gasteiger partial charge in [0.1, 0.15) is 6.61 Å². The van der Waals surface area contributed by atoms with E-state index in [2.05, 4.69) is 5.32 Å². The van der Waals surface area contributed by atoms with E-state index >= 15 is 0 Å². The molecule has 7 heteroatoms. The zero-order chi connectivity index (χ0) is 13.6. The van der Waals surface area contributed by atoms with Crippen molar-refractivity contribution >= 4 is 21.5 Å². The predicted octanol–water partition coefficient (Wildman–Crippen LogP) is 0.603. The molecule has 18 heavy (non-hydrogen) atoms. The van der Waals surface area contributed by atoms with Crippen LogP contribution in [0.5, 0.6) is 0 Å². The lowest BCUT2D eigenvalue weighted by Gasteiger charge is -2.07. The van der Waals surface area contributed by atoms with Crippen LogP contribution < -0.4 is 5.32 Å². The molecule has 6 nitrogen and oxygen atoms in total. The summed E-state index contributed by atoms with van der Waals surface area (Å²) in [6, 6.07) is 6.31. The molecule has 0 atom stereocenters. The fraction of sp³-hybridized carbons (Fsp3) is 0.364. The lowest BCUT2D eigenvalue weighted by atomic mass is 10.3. The van der Waals surface area contributed by atoms with Crippen molar-refractivity contribution in [3.8, 4) is 0 Å². The number of anilines is 1. The van der Waals surface area contributed by atoms with Crippen molar-refractivity contribution in [1.82, 2.24) is 0 Å². The van der Waals surface area contributed by atoms with Crippen molar-refractivity contribution in [2.75, 3.05) is 31.3 Å². The molecule has 0 unspecified atom stereocenters. The van der Waals surface area contributed by atoms with Gasteiger partial charge in [0, 0.05) is 18.5 Å². The number of ether oxygens (including phenoxy) is 1. The van der Waals surface area contributed by atoms with Gasteiger partial charge in [0.15, 0.2) is 9.84 Å². The Balaban J connectivity index is 2.38. The van der Waals surface area contributed by atoms with Gasteiger partial charge in [-0.15, -0.1) is 0 Å². The van der Waals surface area contributed by atoms with Crippen molar-refractivity contribution in [2.45, 2.75) is 4.90 Å². The third-order valence-electron chi connectivity index (χ3n) is 2.08. The molecule has 0 saturated carbocycles. The van der Waals surface area contributed by atoms with Crippen LogP contribution in [0.1, 0.15) is 0 Å². The Labute approximate surface area is 106 Å². The Morgan fingerprint density at radius 3 is 2.44 bits per heavy atom. The van der Waals surface area contributed by atoms with E-state index in [1.54, 1.807) is 12.1 Å². The average Bonchev–Trinajstić information content (AvgIpc) is 2.27. The first-order valence-corrected chi connectivity index (χ1v) is 7.12. The molecule has 0 radical (unpaired) electrons. The van der Waals surface area contributed by atoms with Crippen LogP contribution in [0.15, 0.2) is 29.2 Å². The Morgan fingerprint density at radius 2 is 1.94 bits per heavy atom. The van der Waals surface area contributed by atoms with Crippen molar-refractivity contribution in [2.24, 2.45) is 0 Å². The number of nitrogens with one attached hydrogen (secondary N) is 1. The molecule has 0 aliphatic rings. The summed E-state index contributed by atoms with van der Waals surface area (Å²) in [6.07, 6.45) is 1.15. The number of benzene rings is 1. The molecular weight excluding hydrogens is 258 g/mol. The van der Waals surface area contributed by atoms with Crippen molar-refractivity contribution in [1.29, 1.82) is 0 Å². The first kappa shape index (κ1) is 14.5. The minimum absolute atomic E-state index is 0.259. The summed E-state index contributed by atoms with van der Waals surface area (Å²) < 4.78 is 27.3. The van der Waals surface area contributed by atoms with Crippen LogP contribution in [-0.4, -0.2) is 45.5 Å². The van der Waals surface area contributed by atoms with E-state index in [4.69, 9.17) is 9.84 Å². The van der Waals surface area contributed by atoms with E-state index in [1.165, 1.54) is 12.1 Å². The van der Waals surface area contributed by atoms with Crippen molar-refractivity contribution in [3.63, 3.8) is 0 Å². The van der Waals surface area contributed by atoms with Gasteiger partial charge in [-0.1, -0.05) is 0 Å². The lowest BCUT2D eigenvalue weighted by molar-refractivity contribution is -0.142. The van der Waals surface area contributed by atoms with Gasteiger partial charge in [0.2, 0.25) is 0 Å². The molecule has 2 N–H and O–H groups in total. The molecule has 1 aromatic carbocycles. The highest BCUT2D eigenvalue weighted by Gasteiger charge is 2.05. The third-order valence-corrected chi connectivity index (χ3v) is 3.21. The van der Waals surface area contributed by atoms with Crippen molar-refractivity contribution < 1.29 is 23.1 Å². The van der Waals surface area contributed by atoms with Crippen LogP contribution in [0.2, 0.25) is 0 Å². The SMILES string of the molecule is CS(=O)(=O)c1ccc(NCCOCC(=O)O)cc1. The average molecular weight is 273 g/mol. The second kappa shape index (κ2) is 6.36. The summed E-state index contributed by atoms with van der Waals surface area (Å²) in [4.78, 5) is 10.4. The molecule has 0 spiro atoms.